The fourth-order valence-corrected chi connectivity index (χ4v) is 1.46. The van der Waals surface area contributed by atoms with E-state index >= 15 is 0 Å². The van der Waals surface area contributed by atoms with E-state index in [1.54, 1.807) is 7.11 Å². The first-order valence-corrected chi connectivity index (χ1v) is 5.07. The average molecular weight is 201 g/mol. The van der Waals surface area contributed by atoms with Crippen LogP contribution in [0.3, 0.4) is 0 Å². The van der Waals surface area contributed by atoms with Gasteiger partial charge in [-0.25, -0.2) is 0 Å². The number of carbonyl (C=O) groups excluding carboxylic acids is 1. The summed E-state index contributed by atoms with van der Waals surface area (Å²) in [6, 6.07) is 0.416. The SMILES string of the molecule is COC1CC(NCC(=O)OC(C)C)C1. The Kier molecular flexibility index (Phi) is 4.35. The first kappa shape index (κ1) is 11.5. The number of nitrogens with one attached hydrogen (secondary N) is 1. The molecule has 1 N–H and O–H groups in total. The van der Waals surface area contributed by atoms with Gasteiger partial charge in [0.2, 0.25) is 0 Å². The summed E-state index contributed by atoms with van der Waals surface area (Å²) in [5, 5.41) is 3.13. The van der Waals surface area contributed by atoms with Crippen LogP contribution in [-0.4, -0.2) is 37.9 Å². The minimum atomic E-state index is -0.180. The Morgan fingerprint density at radius 3 is 2.64 bits per heavy atom. The molecule has 14 heavy (non-hydrogen) atoms. The van der Waals surface area contributed by atoms with Gasteiger partial charge in [0, 0.05) is 13.2 Å². The van der Waals surface area contributed by atoms with Gasteiger partial charge in [0.25, 0.3) is 0 Å². The highest BCUT2D eigenvalue weighted by Crippen LogP contribution is 2.22. The van der Waals surface area contributed by atoms with Gasteiger partial charge in [0.05, 0.1) is 18.8 Å². The number of rotatable bonds is 5. The van der Waals surface area contributed by atoms with E-state index in [1.165, 1.54) is 0 Å². The number of carbonyl (C=O) groups is 1. The van der Waals surface area contributed by atoms with E-state index < -0.39 is 0 Å². The lowest BCUT2D eigenvalue weighted by Gasteiger charge is -2.34. The molecule has 0 aliphatic heterocycles. The quantitative estimate of drug-likeness (QED) is 0.665. The van der Waals surface area contributed by atoms with Crippen LogP contribution in [-0.2, 0) is 14.3 Å². The van der Waals surface area contributed by atoms with Gasteiger partial charge in [-0.05, 0) is 26.7 Å². The molecule has 1 aliphatic carbocycles. The van der Waals surface area contributed by atoms with Gasteiger partial charge >= 0.3 is 5.97 Å². The second-order valence-corrected chi connectivity index (χ2v) is 3.95. The van der Waals surface area contributed by atoms with Crippen LogP contribution in [0.5, 0.6) is 0 Å². The average Bonchev–Trinajstić information content (AvgIpc) is 2.00. The summed E-state index contributed by atoms with van der Waals surface area (Å²) < 4.78 is 10.1. The lowest BCUT2D eigenvalue weighted by Crippen LogP contribution is -2.47. The summed E-state index contributed by atoms with van der Waals surface area (Å²) in [7, 11) is 1.72. The third kappa shape index (κ3) is 3.64. The van der Waals surface area contributed by atoms with Crippen molar-refractivity contribution in [1.29, 1.82) is 0 Å². The van der Waals surface area contributed by atoms with E-state index in [0.29, 0.717) is 18.7 Å². The molecule has 0 amide bonds. The number of methoxy groups -OCH3 is 1. The molecule has 0 saturated heterocycles. The lowest BCUT2D eigenvalue weighted by molar-refractivity contribution is -0.146. The second-order valence-electron chi connectivity index (χ2n) is 3.95. The predicted octanol–water partition coefficient (Wildman–Crippen LogP) is 0.705. The second kappa shape index (κ2) is 5.32. The minimum absolute atomic E-state index is 0.0302. The van der Waals surface area contributed by atoms with E-state index in [9.17, 15) is 4.79 Å². The molecule has 0 aromatic heterocycles. The predicted molar refractivity (Wildman–Crippen MR) is 53.0 cm³/mol. The fraction of sp³-hybridized carbons (Fsp3) is 0.900. The topological polar surface area (TPSA) is 47.6 Å². The zero-order valence-electron chi connectivity index (χ0n) is 9.08. The summed E-state index contributed by atoms with van der Waals surface area (Å²) in [6.07, 6.45) is 2.32. The molecule has 1 saturated carbocycles. The molecular formula is C10H19NO3. The smallest absolute Gasteiger partial charge is 0.320 e. The number of hydrogen-bond donors (Lipinski definition) is 1. The molecule has 82 valence electrons. The molecule has 4 heteroatoms. The van der Waals surface area contributed by atoms with Crippen LogP contribution in [0.1, 0.15) is 26.7 Å². The molecule has 0 unspecified atom stereocenters. The molecule has 1 fully saturated rings. The zero-order valence-corrected chi connectivity index (χ0v) is 9.08. The number of hydrogen-bond acceptors (Lipinski definition) is 4. The third-order valence-electron chi connectivity index (χ3n) is 2.33. The van der Waals surface area contributed by atoms with Gasteiger partial charge in [-0.15, -0.1) is 0 Å². The molecule has 0 aromatic carbocycles. The van der Waals surface area contributed by atoms with Crippen LogP contribution in [0.15, 0.2) is 0 Å². The zero-order chi connectivity index (χ0) is 10.6. The highest BCUT2D eigenvalue weighted by atomic mass is 16.5. The lowest BCUT2D eigenvalue weighted by atomic mass is 9.89. The van der Waals surface area contributed by atoms with Gasteiger partial charge < -0.3 is 14.8 Å². The molecule has 4 nitrogen and oxygen atoms in total. The Balaban J connectivity index is 2.02. The van der Waals surface area contributed by atoms with Gasteiger partial charge in [0.1, 0.15) is 0 Å². The summed E-state index contributed by atoms with van der Waals surface area (Å²) in [5.74, 6) is -0.180. The molecule has 0 spiro atoms. The standard InChI is InChI=1S/C10H19NO3/c1-7(2)14-10(12)6-11-8-4-9(5-8)13-3/h7-9,11H,4-6H2,1-3H3. The van der Waals surface area contributed by atoms with E-state index in [2.05, 4.69) is 5.32 Å². The Labute approximate surface area is 85.0 Å². The van der Waals surface area contributed by atoms with Crippen molar-refractivity contribution in [2.75, 3.05) is 13.7 Å². The maximum Gasteiger partial charge on any atom is 0.320 e. The van der Waals surface area contributed by atoms with Crippen LogP contribution in [0, 0.1) is 0 Å². The van der Waals surface area contributed by atoms with Crippen molar-refractivity contribution in [3.05, 3.63) is 0 Å². The Morgan fingerprint density at radius 2 is 2.14 bits per heavy atom. The molecule has 1 aliphatic rings. The van der Waals surface area contributed by atoms with Crippen molar-refractivity contribution in [1.82, 2.24) is 5.32 Å². The summed E-state index contributed by atoms with van der Waals surface area (Å²) in [5.41, 5.74) is 0. The first-order valence-electron chi connectivity index (χ1n) is 5.07. The van der Waals surface area contributed by atoms with Crippen LogP contribution in [0.2, 0.25) is 0 Å². The van der Waals surface area contributed by atoms with Crippen molar-refractivity contribution in [3.8, 4) is 0 Å². The number of ether oxygens (including phenoxy) is 2. The fourth-order valence-electron chi connectivity index (χ4n) is 1.46. The van der Waals surface area contributed by atoms with Crippen LogP contribution in [0.4, 0.5) is 0 Å². The third-order valence-corrected chi connectivity index (χ3v) is 2.33. The maximum atomic E-state index is 11.1. The Bertz CT molecular complexity index is 188. The van der Waals surface area contributed by atoms with Crippen LogP contribution >= 0.6 is 0 Å². The Hall–Kier alpha value is -0.610. The summed E-state index contributed by atoms with van der Waals surface area (Å²) in [4.78, 5) is 11.1. The molecule has 0 heterocycles. The van der Waals surface area contributed by atoms with E-state index in [-0.39, 0.29) is 12.1 Å². The van der Waals surface area contributed by atoms with Gasteiger partial charge in [-0.2, -0.15) is 0 Å². The van der Waals surface area contributed by atoms with Gasteiger partial charge in [-0.1, -0.05) is 0 Å². The molecule has 0 aromatic rings. The summed E-state index contributed by atoms with van der Waals surface area (Å²) in [6.45, 7) is 4.00. The maximum absolute atomic E-state index is 11.1. The van der Waals surface area contributed by atoms with E-state index in [4.69, 9.17) is 9.47 Å². The summed E-state index contributed by atoms with van der Waals surface area (Å²) >= 11 is 0. The Morgan fingerprint density at radius 1 is 1.50 bits per heavy atom. The normalized spacial score (nSPS) is 26.0. The van der Waals surface area contributed by atoms with Gasteiger partial charge in [-0.3, -0.25) is 4.79 Å². The van der Waals surface area contributed by atoms with Crippen molar-refractivity contribution in [3.63, 3.8) is 0 Å². The van der Waals surface area contributed by atoms with E-state index in [1.807, 2.05) is 13.8 Å². The van der Waals surface area contributed by atoms with Crippen molar-refractivity contribution < 1.29 is 14.3 Å². The molecule has 0 bridgehead atoms. The minimum Gasteiger partial charge on any atom is -0.462 e. The first-order chi connectivity index (χ1) is 6.61. The number of esters is 1. The van der Waals surface area contributed by atoms with E-state index in [0.717, 1.165) is 12.8 Å². The van der Waals surface area contributed by atoms with Crippen molar-refractivity contribution >= 4 is 5.97 Å². The molecular weight excluding hydrogens is 182 g/mol. The highest BCUT2D eigenvalue weighted by Gasteiger charge is 2.28. The molecule has 1 rings (SSSR count). The molecule has 0 atom stereocenters. The van der Waals surface area contributed by atoms with Crippen LogP contribution in [0.25, 0.3) is 0 Å². The van der Waals surface area contributed by atoms with Crippen LogP contribution < -0.4 is 5.32 Å². The monoisotopic (exact) mass is 201 g/mol. The van der Waals surface area contributed by atoms with Crippen molar-refractivity contribution in [2.45, 2.75) is 44.9 Å². The van der Waals surface area contributed by atoms with Gasteiger partial charge in [0.15, 0.2) is 0 Å². The van der Waals surface area contributed by atoms with Crippen molar-refractivity contribution in [2.24, 2.45) is 0 Å². The highest BCUT2D eigenvalue weighted by molar-refractivity contribution is 5.71. The largest absolute Gasteiger partial charge is 0.462 e. The molecule has 0 radical (unpaired) electrons.